The molecule has 0 unspecified atom stereocenters. The topological polar surface area (TPSA) is 32.3 Å². The van der Waals surface area contributed by atoms with Crippen molar-refractivity contribution < 1.29 is 4.79 Å². The van der Waals surface area contributed by atoms with Crippen molar-refractivity contribution >= 4 is 5.91 Å². The van der Waals surface area contributed by atoms with Crippen LogP contribution in [0, 0.1) is 5.92 Å². The summed E-state index contributed by atoms with van der Waals surface area (Å²) in [5, 5.41) is 3.20. The minimum Gasteiger partial charge on any atom is -0.349 e. The molecule has 3 nitrogen and oxygen atoms in total. The van der Waals surface area contributed by atoms with Crippen LogP contribution in [0.5, 0.6) is 0 Å². The molecule has 0 radical (unpaired) electrons. The number of rotatable bonds is 2. The van der Waals surface area contributed by atoms with Crippen molar-refractivity contribution in [3.63, 3.8) is 0 Å². The highest BCUT2D eigenvalue weighted by Gasteiger charge is 2.45. The van der Waals surface area contributed by atoms with Crippen LogP contribution in [-0.2, 0) is 4.79 Å². The van der Waals surface area contributed by atoms with Gasteiger partial charge in [0.1, 0.15) is 0 Å². The molecular weight excluding hydrogens is 176 g/mol. The Balaban J connectivity index is 2.15. The predicted octanol–water partition coefficient (Wildman–Crippen LogP) is 0.997. The second-order valence-electron chi connectivity index (χ2n) is 4.74. The standard InChI is InChI=1S/C11H20N2O/c1-3-11(12-9(2)14)8-13-6-4-10(11)5-7-13/h10H,3-8H2,1-2H3,(H,12,14)/t11-/m0/s1. The van der Waals surface area contributed by atoms with Crippen molar-refractivity contribution in [2.45, 2.75) is 38.6 Å². The Morgan fingerprint density at radius 2 is 2.14 bits per heavy atom. The summed E-state index contributed by atoms with van der Waals surface area (Å²) in [5.74, 6) is 0.835. The first-order valence-corrected chi connectivity index (χ1v) is 5.67. The zero-order chi connectivity index (χ0) is 10.2. The molecule has 3 aliphatic heterocycles. The molecule has 0 aromatic heterocycles. The molecule has 3 aliphatic rings. The minimum absolute atomic E-state index is 0.0856. The number of nitrogens with one attached hydrogen (secondary N) is 1. The van der Waals surface area contributed by atoms with E-state index in [-0.39, 0.29) is 11.4 Å². The highest BCUT2D eigenvalue weighted by Crippen LogP contribution is 2.37. The van der Waals surface area contributed by atoms with Crippen molar-refractivity contribution in [3.05, 3.63) is 0 Å². The minimum atomic E-state index is 0.0856. The van der Waals surface area contributed by atoms with E-state index in [0.29, 0.717) is 5.92 Å². The molecule has 0 aromatic rings. The van der Waals surface area contributed by atoms with Crippen LogP contribution in [0.25, 0.3) is 0 Å². The molecule has 1 amide bonds. The lowest BCUT2D eigenvalue weighted by molar-refractivity contribution is -0.124. The van der Waals surface area contributed by atoms with Gasteiger partial charge < -0.3 is 10.2 Å². The maximum atomic E-state index is 11.2. The Hall–Kier alpha value is -0.570. The second-order valence-corrected chi connectivity index (χ2v) is 4.74. The third-order valence-corrected chi connectivity index (χ3v) is 3.93. The molecule has 0 aromatic carbocycles. The molecule has 3 saturated heterocycles. The summed E-state index contributed by atoms with van der Waals surface area (Å²) in [7, 11) is 0. The smallest absolute Gasteiger partial charge is 0.217 e. The molecule has 0 saturated carbocycles. The summed E-state index contributed by atoms with van der Waals surface area (Å²) in [5.41, 5.74) is 0.0856. The van der Waals surface area contributed by atoms with E-state index in [4.69, 9.17) is 0 Å². The van der Waals surface area contributed by atoms with Gasteiger partial charge in [0.25, 0.3) is 0 Å². The summed E-state index contributed by atoms with van der Waals surface area (Å²) < 4.78 is 0. The van der Waals surface area contributed by atoms with E-state index in [2.05, 4.69) is 17.1 Å². The first-order chi connectivity index (χ1) is 6.66. The highest BCUT2D eigenvalue weighted by molar-refractivity contribution is 5.74. The predicted molar refractivity (Wildman–Crippen MR) is 56.0 cm³/mol. The van der Waals surface area contributed by atoms with E-state index in [9.17, 15) is 4.79 Å². The summed E-state index contributed by atoms with van der Waals surface area (Å²) in [6.45, 7) is 7.35. The quantitative estimate of drug-likeness (QED) is 0.714. The van der Waals surface area contributed by atoms with Gasteiger partial charge in [0.15, 0.2) is 0 Å². The molecule has 80 valence electrons. The summed E-state index contributed by atoms with van der Waals surface area (Å²) in [4.78, 5) is 13.7. The van der Waals surface area contributed by atoms with Gasteiger partial charge in [-0.3, -0.25) is 4.79 Å². The number of carbonyl (C=O) groups is 1. The number of carbonyl (C=O) groups excluding carboxylic acids is 1. The Labute approximate surface area is 85.8 Å². The van der Waals surface area contributed by atoms with Crippen LogP contribution in [0.1, 0.15) is 33.1 Å². The van der Waals surface area contributed by atoms with Gasteiger partial charge in [0.2, 0.25) is 5.91 Å². The lowest BCUT2D eigenvalue weighted by atomic mass is 9.71. The molecule has 14 heavy (non-hydrogen) atoms. The average molecular weight is 196 g/mol. The zero-order valence-electron chi connectivity index (χ0n) is 9.18. The van der Waals surface area contributed by atoms with Crippen LogP contribution in [-0.4, -0.2) is 36.0 Å². The fourth-order valence-corrected chi connectivity index (χ4v) is 3.15. The Morgan fingerprint density at radius 3 is 2.50 bits per heavy atom. The van der Waals surface area contributed by atoms with Gasteiger partial charge >= 0.3 is 0 Å². The normalized spacial score (nSPS) is 41.0. The summed E-state index contributed by atoms with van der Waals surface area (Å²) in [6, 6.07) is 0. The van der Waals surface area contributed by atoms with E-state index in [1.54, 1.807) is 6.92 Å². The number of piperidine rings is 3. The van der Waals surface area contributed by atoms with Crippen LogP contribution in [0.2, 0.25) is 0 Å². The molecule has 3 fully saturated rings. The van der Waals surface area contributed by atoms with Crippen molar-refractivity contribution in [1.29, 1.82) is 0 Å². The number of hydrogen-bond donors (Lipinski definition) is 1. The van der Waals surface area contributed by atoms with E-state index in [1.807, 2.05) is 0 Å². The zero-order valence-corrected chi connectivity index (χ0v) is 9.18. The first kappa shape index (κ1) is 9.97. The van der Waals surface area contributed by atoms with Gasteiger partial charge in [0, 0.05) is 13.5 Å². The van der Waals surface area contributed by atoms with Crippen LogP contribution in [0.3, 0.4) is 0 Å². The van der Waals surface area contributed by atoms with Crippen molar-refractivity contribution in [2.75, 3.05) is 19.6 Å². The number of fused-ring (bicyclic) bond motifs is 3. The number of hydrogen-bond acceptors (Lipinski definition) is 2. The fourth-order valence-electron chi connectivity index (χ4n) is 3.15. The van der Waals surface area contributed by atoms with E-state index in [1.165, 1.54) is 25.9 Å². The average Bonchev–Trinajstić information content (AvgIpc) is 2.18. The highest BCUT2D eigenvalue weighted by atomic mass is 16.1. The Kier molecular flexibility index (Phi) is 2.52. The third-order valence-electron chi connectivity index (χ3n) is 3.93. The van der Waals surface area contributed by atoms with Gasteiger partial charge in [-0.25, -0.2) is 0 Å². The lowest BCUT2D eigenvalue weighted by Gasteiger charge is -2.53. The van der Waals surface area contributed by atoms with Gasteiger partial charge in [-0.05, 0) is 38.3 Å². The maximum absolute atomic E-state index is 11.2. The second kappa shape index (κ2) is 3.54. The Bertz CT molecular complexity index is 233. The molecule has 0 spiro atoms. The fraction of sp³-hybridized carbons (Fsp3) is 0.909. The van der Waals surface area contributed by atoms with Crippen LogP contribution < -0.4 is 5.32 Å². The molecule has 2 bridgehead atoms. The van der Waals surface area contributed by atoms with Crippen molar-refractivity contribution in [3.8, 4) is 0 Å². The molecule has 3 heterocycles. The van der Waals surface area contributed by atoms with E-state index >= 15 is 0 Å². The number of nitrogens with zero attached hydrogens (tertiary/aromatic N) is 1. The van der Waals surface area contributed by atoms with Gasteiger partial charge in [0.05, 0.1) is 5.54 Å². The molecule has 1 N–H and O–H groups in total. The van der Waals surface area contributed by atoms with Gasteiger partial charge in [-0.2, -0.15) is 0 Å². The molecule has 1 atom stereocenters. The molecule has 3 rings (SSSR count). The summed E-state index contributed by atoms with van der Waals surface area (Å²) in [6.07, 6.45) is 3.58. The SMILES string of the molecule is CC[C@]1(NC(C)=O)CN2CCC1CC2. The van der Waals surface area contributed by atoms with Crippen LogP contribution in [0.4, 0.5) is 0 Å². The monoisotopic (exact) mass is 196 g/mol. The van der Waals surface area contributed by atoms with Crippen LogP contribution in [0.15, 0.2) is 0 Å². The first-order valence-electron chi connectivity index (χ1n) is 5.67. The largest absolute Gasteiger partial charge is 0.349 e. The maximum Gasteiger partial charge on any atom is 0.217 e. The Morgan fingerprint density at radius 1 is 1.50 bits per heavy atom. The third kappa shape index (κ3) is 1.54. The molecule has 3 heteroatoms. The lowest BCUT2D eigenvalue weighted by Crippen LogP contribution is -2.66. The molecular formula is C11H20N2O. The van der Waals surface area contributed by atoms with E-state index in [0.717, 1.165) is 13.0 Å². The van der Waals surface area contributed by atoms with Crippen molar-refractivity contribution in [2.24, 2.45) is 5.92 Å². The van der Waals surface area contributed by atoms with Gasteiger partial charge in [-0.15, -0.1) is 0 Å². The summed E-state index contributed by atoms with van der Waals surface area (Å²) >= 11 is 0. The van der Waals surface area contributed by atoms with Crippen molar-refractivity contribution in [1.82, 2.24) is 10.2 Å². The van der Waals surface area contributed by atoms with E-state index < -0.39 is 0 Å². The number of amides is 1. The van der Waals surface area contributed by atoms with Gasteiger partial charge in [-0.1, -0.05) is 6.92 Å². The van der Waals surface area contributed by atoms with Crippen LogP contribution >= 0.6 is 0 Å². The molecule has 0 aliphatic carbocycles.